The number of phosphoric ester groups is 1. The highest BCUT2D eigenvalue weighted by molar-refractivity contribution is 7.45. The smallest absolute Gasteiger partial charge is 0.268 e. The minimum absolute atomic E-state index is 0.00451. The van der Waals surface area contributed by atoms with Crippen molar-refractivity contribution in [3.8, 4) is 0 Å². The molecule has 314 valence electrons. The minimum atomic E-state index is -4.58. The molecule has 0 aromatic rings. The summed E-state index contributed by atoms with van der Waals surface area (Å²) in [6.07, 6.45) is 47.0. The van der Waals surface area contributed by atoms with E-state index in [0.717, 1.165) is 64.2 Å². The number of nitrogens with zero attached hydrogens (tertiary/aromatic N) is 1. The summed E-state index contributed by atoms with van der Waals surface area (Å²) in [4.78, 5) is 25.2. The van der Waals surface area contributed by atoms with Gasteiger partial charge in [0.25, 0.3) is 7.82 Å². The molecule has 2 N–H and O–H groups in total. The first-order chi connectivity index (χ1) is 26.0. The molecule has 0 aromatic carbocycles. The van der Waals surface area contributed by atoms with Crippen LogP contribution < -0.4 is 10.2 Å². The summed E-state index contributed by atoms with van der Waals surface area (Å²) in [7, 11) is 1.25. The molecule has 8 nitrogen and oxygen atoms in total. The van der Waals surface area contributed by atoms with E-state index in [2.05, 4.69) is 67.8 Å². The van der Waals surface area contributed by atoms with E-state index in [-0.39, 0.29) is 19.1 Å². The summed E-state index contributed by atoms with van der Waals surface area (Å²) in [5.41, 5.74) is 0. The Morgan fingerprint density at radius 1 is 0.667 bits per heavy atom. The van der Waals surface area contributed by atoms with Crippen molar-refractivity contribution in [1.82, 2.24) is 5.32 Å². The number of quaternary nitrogens is 1. The number of rotatable bonds is 38. The van der Waals surface area contributed by atoms with Crippen LogP contribution in [-0.2, 0) is 18.4 Å². The van der Waals surface area contributed by atoms with E-state index < -0.39 is 20.0 Å². The Hall–Kier alpha value is -1.80. The second-order valence-electron chi connectivity index (χ2n) is 15.7. The van der Waals surface area contributed by atoms with E-state index in [0.29, 0.717) is 17.4 Å². The molecule has 3 atom stereocenters. The number of aliphatic hydroxyl groups excluding tert-OH is 1. The summed E-state index contributed by atoms with van der Waals surface area (Å²) in [6.45, 7) is 4.48. The van der Waals surface area contributed by atoms with Gasteiger partial charge in [0, 0.05) is 6.42 Å². The monoisotopic (exact) mass is 779 g/mol. The van der Waals surface area contributed by atoms with Gasteiger partial charge in [-0.15, -0.1) is 0 Å². The summed E-state index contributed by atoms with van der Waals surface area (Å²) in [5, 5.41) is 13.7. The molecule has 0 saturated carbocycles. The molecule has 0 saturated heterocycles. The number of hydrogen-bond donors (Lipinski definition) is 2. The first-order valence-electron chi connectivity index (χ1n) is 21.7. The number of allylic oxidation sites excluding steroid dienone is 9. The van der Waals surface area contributed by atoms with Gasteiger partial charge in [0.15, 0.2) is 0 Å². The van der Waals surface area contributed by atoms with Crippen LogP contribution in [0.1, 0.15) is 168 Å². The van der Waals surface area contributed by atoms with Crippen LogP contribution >= 0.6 is 7.82 Å². The topological polar surface area (TPSA) is 108 Å². The van der Waals surface area contributed by atoms with Gasteiger partial charge in [0.1, 0.15) is 13.2 Å². The molecule has 0 rings (SSSR count). The fraction of sp³-hybridized carbons (Fsp3) is 0.756. The maximum absolute atomic E-state index is 12.8. The second-order valence-corrected chi connectivity index (χ2v) is 17.1. The molecule has 0 aliphatic heterocycles. The van der Waals surface area contributed by atoms with Gasteiger partial charge in [0.2, 0.25) is 5.91 Å². The lowest BCUT2D eigenvalue weighted by molar-refractivity contribution is -0.870. The van der Waals surface area contributed by atoms with E-state index in [1.54, 1.807) is 6.08 Å². The molecule has 0 fully saturated rings. The molecule has 0 aromatic heterocycles. The van der Waals surface area contributed by atoms with Crippen molar-refractivity contribution in [3.05, 3.63) is 60.8 Å². The first kappa shape index (κ1) is 52.2. The van der Waals surface area contributed by atoms with E-state index in [9.17, 15) is 19.4 Å². The van der Waals surface area contributed by atoms with E-state index >= 15 is 0 Å². The van der Waals surface area contributed by atoms with Crippen molar-refractivity contribution in [2.45, 2.75) is 180 Å². The molecule has 0 aliphatic rings. The highest BCUT2D eigenvalue weighted by Crippen LogP contribution is 2.38. The quantitative estimate of drug-likeness (QED) is 0.0280. The van der Waals surface area contributed by atoms with Crippen molar-refractivity contribution in [2.24, 2.45) is 0 Å². The number of carbonyl (C=O) groups excluding carboxylic acids is 1. The predicted molar refractivity (Wildman–Crippen MR) is 228 cm³/mol. The van der Waals surface area contributed by atoms with Gasteiger partial charge in [0.05, 0.1) is 39.9 Å². The molecular weight excluding hydrogens is 695 g/mol. The zero-order chi connectivity index (χ0) is 40.0. The molecular formula is C45H83N2O6P. The maximum atomic E-state index is 12.8. The Bertz CT molecular complexity index is 1060. The standard InChI is InChI=1S/C45H83N2O6P/c1-6-8-10-12-14-16-17-18-19-20-21-22-23-24-25-26-27-28-29-31-33-35-37-39-45(49)46-43(42-53-54(50,51)52-41-40-47(3,4)5)44(48)38-36-34-32-30-15-13-11-9-7-2/h8,10,14,16,18-19,21-22,36,38,43-44,48H,6-7,9,11-13,15,17,20,23-35,37,39-42H2,1-5H3,(H-,46,49,50,51)/b10-8-,16-14-,19-18-,22-21-,38-36+. The molecule has 0 heterocycles. The van der Waals surface area contributed by atoms with Gasteiger partial charge in [-0.05, 0) is 57.8 Å². The van der Waals surface area contributed by atoms with Crippen molar-refractivity contribution < 1.29 is 32.9 Å². The van der Waals surface area contributed by atoms with Crippen LogP contribution in [-0.4, -0.2) is 68.5 Å². The van der Waals surface area contributed by atoms with Crippen LogP contribution in [0.3, 0.4) is 0 Å². The lowest BCUT2D eigenvalue weighted by Crippen LogP contribution is -2.45. The molecule has 54 heavy (non-hydrogen) atoms. The molecule has 1 amide bonds. The van der Waals surface area contributed by atoms with E-state index in [4.69, 9.17) is 9.05 Å². The van der Waals surface area contributed by atoms with Crippen LogP contribution in [0.15, 0.2) is 60.8 Å². The Balaban J connectivity index is 4.27. The Morgan fingerprint density at radius 3 is 1.65 bits per heavy atom. The third kappa shape index (κ3) is 38.5. The van der Waals surface area contributed by atoms with E-state index in [1.807, 2.05) is 27.2 Å². The van der Waals surface area contributed by atoms with Crippen LogP contribution in [0.4, 0.5) is 0 Å². The fourth-order valence-electron chi connectivity index (χ4n) is 5.79. The zero-order valence-corrected chi connectivity index (χ0v) is 36.3. The Morgan fingerprint density at radius 2 is 1.13 bits per heavy atom. The van der Waals surface area contributed by atoms with Crippen molar-refractivity contribution in [3.63, 3.8) is 0 Å². The normalized spacial score (nSPS) is 15.0. The Kier molecular flexibility index (Phi) is 35.6. The third-order valence-corrected chi connectivity index (χ3v) is 10.2. The van der Waals surface area contributed by atoms with Gasteiger partial charge in [-0.3, -0.25) is 9.36 Å². The van der Waals surface area contributed by atoms with Crippen LogP contribution in [0.5, 0.6) is 0 Å². The van der Waals surface area contributed by atoms with Gasteiger partial charge in [-0.2, -0.15) is 0 Å². The Labute approximate surface area is 332 Å². The number of carbonyl (C=O) groups is 1. The second kappa shape index (κ2) is 36.8. The van der Waals surface area contributed by atoms with Gasteiger partial charge in [-0.1, -0.05) is 164 Å². The van der Waals surface area contributed by atoms with Crippen LogP contribution in [0.2, 0.25) is 0 Å². The van der Waals surface area contributed by atoms with Gasteiger partial charge >= 0.3 is 0 Å². The van der Waals surface area contributed by atoms with Gasteiger partial charge < -0.3 is 28.8 Å². The molecule has 0 aliphatic carbocycles. The SMILES string of the molecule is CC/C=C\C/C=C\C/C=C\C/C=C\CCCCCCCCCCCCC(=O)NC(COP(=O)([O-])OCC[N+](C)(C)C)C(O)/C=C/CCCCCCCCC. The summed E-state index contributed by atoms with van der Waals surface area (Å²) in [6, 6.07) is -0.888. The fourth-order valence-corrected chi connectivity index (χ4v) is 6.51. The number of hydrogen-bond acceptors (Lipinski definition) is 6. The van der Waals surface area contributed by atoms with Crippen molar-refractivity contribution in [2.75, 3.05) is 40.9 Å². The number of phosphoric acid groups is 1. The molecule has 3 unspecified atom stereocenters. The number of unbranched alkanes of at least 4 members (excludes halogenated alkanes) is 17. The highest BCUT2D eigenvalue weighted by atomic mass is 31.2. The number of nitrogens with one attached hydrogen (secondary N) is 1. The van der Waals surface area contributed by atoms with E-state index in [1.165, 1.54) is 83.5 Å². The predicted octanol–water partition coefficient (Wildman–Crippen LogP) is 11.2. The maximum Gasteiger partial charge on any atom is 0.268 e. The number of aliphatic hydroxyl groups is 1. The van der Waals surface area contributed by atoms with Crippen molar-refractivity contribution >= 4 is 13.7 Å². The van der Waals surface area contributed by atoms with Crippen molar-refractivity contribution in [1.29, 1.82) is 0 Å². The number of amides is 1. The minimum Gasteiger partial charge on any atom is -0.756 e. The largest absolute Gasteiger partial charge is 0.756 e. The third-order valence-electron chi connectivity index (χ3n) is 9.23. The number of likely N-dealkylation sites (N-methyl/N-ethyl adjacent to an activating group) is 1. The first-order valence-corrected chi connectivity index (χ1v) is 23.1. The summed E-state index contributed by atoms with van der Waals surface area (Å²) < 4.78 is 23.1. The summed E-state index contributed by atoms with van der Waals surface area (Å²) in [5.74, 6) is -0.208. The lowest BCUT2D eigenvalue weighted by Gasteiger charge is -2.29. The zero-order valence-electron chi connectivity index (χ0n) is 35.4. The summed E-state index contributed by atoms with van der Waals surface area (Å²) >= 11 is 0. The average molecular weight is 779 g/mol. The van der Waals surface area contributed by atoms with Crippen LogP contribution in [0.25, 0.3) is 0 Å². The average Bonchev–Trinajstić information content (AvgIpc) is 3.12. The van der Waals surface area contributed by atoms with Crippen LogP contribution in [0, 0.1) is 0 Å². The molecule has 0 bridgehead atoms. The molecule has 0 radical (unpaired) electrons. The molecule has 0 spiro atoms. The van der Waals surface area contributed by atoms with Gasteiger partial charge in [-0.25, -0.2) is 0 Å². The highest BCUT2D eigenvalue weighted by Gasteiger charge is 2.23. The molecule has 9 heteroatoms. The lowest BCUT2D eigenvalue weighted by atomic mass is 10.0.